The van der Waals surface area contributed by atoms with Gasteiger partial charge in [-0.25, -0.2) is 0 Å². The van der Waals surface area contributed by atoms with Crippen LogP contribution in [0, 0.1) is 56.7 Å². The van der Waals surface area contributed by atoms with Gasteiger partial charge in [0.25, 0.3) is 0 Å². The van der Waals surface area contributed by atoms with E-state index in [0.717, 1.165) is 19.3 Å². The van der Waals surface area contributed by atoms with Gasteiger partial charge in [0.05, 0.1) is 23.2 Å². The Hall–Kier alpha value is -0.910. The second-order valence-corrected chi connectivity index (χ2v) is 14.9. The van der Waals surface area contributed by atoms with Crippen LogP contribution in [0.1, 0.15) is 93.4 Å². The first-order valence-corrected chi connectivity index (χ1v) is 14.0. The maximum absolute atomic E-state index is 12.8. The van der Waals surface area contributed by atoms with E-state index in [1.807, 2.05) is 6.08 Å². The molecule has 0 radical (unpaired) electrons. The number of aliphatic hydroxyl groups is 3. The van der Waals surface area contributed by atoms with Gasteiger partial charge >= 0.3 is 5.97 Å². The number of rotatable bonds is 1. The lowest BCUT2D eigenvalue weighted by Crippen LogP contribution is -2.74. The first-order valence-electron chi connectivity index (χ1n) is 14.0. The highest BCUT2D eigenvalue weighted by Gasteiger charge is 2.75. The normalized spacial score (nSPS) is 59.0. The molecule has 4 N–H and O–H groups in total. The third kappa shape index (κ3) is 2.79. The van der Waals surface area contributed by atoms with Crippen molar-refractivity contribution in [2.45, 2.75) is 111 Å². The van der Waals surface area contributed by atoms with E-state index < -0.39 is 40.0 Å². The van der Waals surface area contributed by atoms with Crippen LogP contribution in [0.3, 0.4) is 0 Å². The first kappa shape index (κ1) is 25.7. The fraction of sp³-hybridized carbons (Fsp3) is 0.900. The van der Waals surface area contributed by atoms with Crippen LogP contribution in [0.5, 0.6) is 0 Å². The van der Waals surface area contributed by atoms with Crippen LogP contribution in [0.2, 0.25) is 0 Å². The van der Waals surface area contributed by atoms with Gasteiger partial charge in [0.15, 0.2) is 0 Å². The van der Waals surface area contributed by atoms with Crippen LogP contribution in [-0.2, 0) is 4.79 Å². The monoisotopic (exact) mass is 488 g/mol. The van der Waals surface area contributed by atoms with Gasteiger partial charge in [-0.1, -0.05) is 60.6 Å². The fourth-order valence-electron chi connectivity index (χ4n) is 11.2. The summed E-state index contributed by atoms with van der Waals surface area (Å²) in [7, 11) is 0. The molecule has 12 atom stereocenters. The van der Waals surface area contributed by atoms with E-state index in [1.165, 1.54) is 0 Å². The average Bonchev–Trinajstić information content (AvgIpc) is 2.76. The predicted molar refractivity (Wildman–Crippen MR) is 135 cm³/mol. The number of allylic oxidation sites excluding steroid dienone is 1. The highest BCUT2D eigenvalue weighted by molar-refractivity contribution is 5.76. The van der Waals surface area contributed by atoms with Crippen molar-refractivity contribution in [3.8, 4) is 0 Å². The standard InChI is InChI=1S/C30H48O5/c1-17-8-12-29(24(33)34)15-14-28(7)27(6)11-9-20-25(3,4)23(32)19(31)16-26(20,5)21(27)10-13-30(28,35)22(29)18(17)2/h10,13,17-23,31-32,35H,8-9,11-12,14-16H2,1-7H3,(H,33,34)/t17-,18+,19-,20+,21-,22-,23+,26+,27-,28+,29+,30+/m1/s1. The van der Waals surface area contributed by atoms with Crippen molar-refractivity contribution in [3.05, 3.63) is 12.2 Å². The topological polar surface area (TPSA) is 98.0 Å². The molecule has 35 heavy (non-hydrogen) atoms. The quantitative estimate of drug-likeness (QED) is 0.388. The van der Waals surface area contributed by atoms with Crippen LogP contribution in [0.25, 0.3) is 0 Å². The molecule has 5 heteroatoms. The molecule has 5 aliphatic rings. The molecule has 5 rings (SSSR count). The molecule has 0 aromatic carbocycles. The van der Waals surface area contributed by atoms with E-state index >= 15 is 0 Å². The number of hydrogen-bond donors (Lipinski definition) is 4. The zero-order valence-electron chi connectivity index (χ0n) is 22.8. The molecule has 0 heterocycles. The van der Waals surface area contributed by atoms with E-state index in [1.54, 1.807) is 0 Å². The third-order valence-corrected chi connectivity index (χ3v) is 13.5. The largest absolute Gasteiger partial charge is 0.481 e. The zero-order chi connectivity index (χ0) is 26.0. The fourth-order valence-corrected chi connectivity index (χ4v) is 11.2. The number of aliphatic hydroxyl groups excluding tert-OH is 2. The number of hydrogen-bond acceptors (Lipinski definition) is 4. The lowest BCUT2D eigenvalue weighted by molar-refractivity contribution is -0.283. The van der Waals surface area contributed by atoms with Crippen molar-refractivity contribution >= 4 is 5.97 Å². The smallest absolute Gasteiger partial charge is 0.310 e. The van der Waals surface area contributed by atoms with E-state index in [-0.39, 0.29) is 34.5 Å². The third-order valence-electron chi connectivity index (χ3n) is 13.5. The van der Waals surface area contributed by atoms with Crippen molar-refractivity contribution in [1.82, 2.24) is 0 Å². The summed E-state index contributed by atoms with van der Waals surface area (Å²) < 4.78 is 0. The maximum atomic E-state index is 12.8. The minimum atomic E-state index is -1.19. The number of carboxylic acids is 1. The summed E-state index contributed by atoms with van der Waals surface area (Å²) in [5.41, 5.74) is -3.35. The Morgan fingerprint density at radius 3 is 2.23 bits per heavy atom. The number of carboxylic acid groups (broad SMARTS) is 1. The lowest BCUT2D eigenvalue weighted by Gasteiger charge is -2.74. The Morgan fingerprint density at radius 1 is 0.943 bits per heavy atom. The van der Waals surface area contributed by atoms with Crippen molar-refractivity contribution in [3.63, 3.8) is 0 Å². The minimum absolute atomic E-state index is 0.117. The summed E-state index contributed by atoms with van der Waals surface area (Å²) in [6, 6.07) is 0. The van der Waals surface area contributed by atoms with Crippen LogP contribution < -0.4 is 0 Å². The molecular formula is C30H48O5. The van der Waals surface area contributed by atoms with Crippen LogP contribution >= 0.6 is 0 Å². The summed E-state index contributed by atoms with van der Waals surface area (Å²) in [4.78, 5) is 12.8. The molecule has 5 nitrogen and oxygen atoms in total. The zero-order valence-corrected chi connectivity index (χ0v) is 22.8. The predicted octanol–water partition coefficient (Wildman–Crippen LogP) is 5.03. The molecule has 4 fully saturated rings. The summed E-state index contributed by atoms with van der Waals surface area (Å²) in [5, 5.41) is 45.2. The first-order chi connectivity index (χ1) is 16.0. The molecule has 0 aromatic rings. The highest BCUT2D eigenvalue weighted by Crippen LogP contribution is 2.76. The lowest BCUT2D eigenvalue weighted by atomic mass is 9.31. The molecule has 0 bridgehead atoms. The van der Waals surface area contributed by atoms with Gasteiger partial charge in [-0.3, -0.25) is 4.79 Å². The summed E-state index contributed by atoms with van der Waals surface area (Å²) in [5.74, 6) is -0.145. The van der Waals surface area contributed by atoms with Gasteiger partial charge in [0.1, 0.15) is 0 Å². The molecule has 0 aromatic heterocycles. The molecule has 0 aliphatic heterocycles. The molecule has 0 spiro atoms. The van der Waals surface area contributed by atoms with E-state index in [2.05, 4.69) is 54.5 Å². The number of aliphatic carboxylic acids is 1. The van der Waals surface area contributed by atoms with Gasteiger partial charge in [0, 0.05) is 11.3 Å². The van der Waals surface area contributed by atoms with Crippen molar-refractivity contribution < 1.29 is 25.2 Å². The Balaban J connectivity index is 1.67. The molecular weight excluding hydrogens is 440 g/mol. The van der Waals surface area contributed by atoms with Crippen molar-refractivity contribution in [2.75, 3.05) is 0 Å². The number of fused-ring (bicyclic) bond motifs is 7. The Kier molecular flexibility index (Phi) is 5.40. The highest BCUT2D eigenvalue weighted by atomic mass is 16.4. The van der Waals surface area contributed by atoms with Crippen LogP contribution in [0.4, 0.5) is 0 Å². The van der Waals surface area contributed by atoms with Gasteiger partial charge < -0.3 is 20.4 Å². The maximum Gasteiger partial charge on any atom is 0.310 e. The number of carbonyl (C=O) groups is 1. The molecule has 5 aliphatic carbocycles. The van der Waals surface area contributed by atoms with Crippen LogP contribution in [0.15, 0.2) is 12.2 Å². The van der Waals surface area contributed by atoms with E-state index in [4.69, 9.17) is 0 Å². The molecule has 0 amide bonds. The Bertz CT molecular complexity index is 943. The Morgan fingerprint density at radius 2 is 1.60 bits per heavy atom. The average molecular weight is 489 g/mol. The molecule has 198 valence electrons. The van der Waals surface area contributed by atoms with E-state index in [0.29, 0.717) is 31.6 Å². The second kappa shape index (κ2) is 7.35. The molecule has 4 saturated carbocycles. The van der Waals surface area contributed by atoms with Crippen LogP contribution in [-0.4, -0.2) is 44.2 Å². The molecule has 0 saturated heterocycles. The summed E-state index contributed by atoms with van der Waals surface area (Å²) >= 11 is 0. The van der Waals surface area contributed by atoms with Gasteiger partial charge in [-0.05, 0) is 84.9 Å². The summed E-state index contributed by atoms with van der Waals surface area (Å²) in [6.07, 6.45) is 8.03. The van der Waals surface area contributed by atoms with Gasteiger partial charge in [0.2, 0.25) is 0 Å². The van der Waals surface area contributed by atoms with Gasteiger partial charge in [-0.2, -0.15) is 0 Å². The van der Waals surface area contributed by atoms with Crippen molar-refractivity contribution in [1.29, 1.82) is 0 Å². The summed E-state index contributed by atoms with van der Waals surface area (Å²) in [6.45, 7) is 15.5. The van der Waals surface area contributed by atoms with Gasteiger partial charge in [-0.15, -0.1) is 0 Å². The van der Waals surface area contributed by atoms with Crippen molar-refractivity contribution in [2.24, 2.45) is 56.7 Å². The second-order valence-electron chi connectivity index (χ2n) is 14.9. The Labute approximate surface area is 211 Å². The minimum Gasteiger partial charge on any atom is -0.481 e. The molecule has 0 unspecified atom stereocenters. The SMILES string of the molecule is C[C@H]1[C@H](C)CC[C@]2(C(=O)O)CC[C@]3(C)[C@](O)(C=C[C@@H]4[C@@]5(C)C[C@@H](O)[C@H](O)C(C)(C)[C@@H]5CC[C@]43C)[C@H]12. The van der Waals surface area contributed by atoms with E-state index in [9.17, 15) is 25.2 Å².